The lowest BCUT2D eigenvalue weighted by atomic mass is 9.96. The van der Waals surface area contributed by atoms with Crippen LogP contribution in [0.25, 0.3) is 0 Å². The monoisotopic (exact) mass is 325 g/mol. The van der Waals surface area contributed by atoms with Crippen LogP contribution in [-0.4, -0.2) is 19.7 Å². The van der Waals surface area contributed by atoms with E-state index >= 15 is 0 Å². The molecule has 2 nitrogen and oxygen atoms in total. The van der Waals surface area contributed by atoms with Crippen molar-refractivity contribution in [1.82, 2.24) is 5.32 Å². The molecule has 0 saturated heterocycles. The Labute approximate surface area is 125 Å². The highest BCUT2D eigenvalue weighted by Crippen LogP contribution is 2.34. The van der Waals surface area contributed by atoms with Crippen molar-refractivity contribution < 1.29 is 4.74 Å². The van der Waals surface area contributed by atoms with Gasteiger partial charge in [0.05, 0.1) is 6.61 Å². The minimum Gasteiger partial charge on any atom is -0.493 e. The summed E-state index contributed by atoms with van der Waals surface area (Å²) in [5, 5.41) is 3.45. The van der Waals surface area contributed by atoms with Crippen LogP contribution in [0, 0.1) is 5.92 Å². The lowest BCUT2D eigenvalue weighted by molar-refractivity contribution is 0.350. The van der Waals surface area contributed by atoms with Crippen LogP contribution < -0.4 is 10.1 Å². The number of likely N-dealkylation sites (N-methyl/N-ethyl adjacent to an activating group) is 1. The molecule has 0 bridgehead atoms. The fourth-order valence-corrected chi connectivity index (χ4v) is 3.20. The lowest BCUT2D eigenvalue weighted by Crippen LogP contribution is -2.28. The highest BCUT2D eigenvalue weighted by molar-refractivity contribution is 9.10. The first-order valence-corrected chi connectivity index (χ1v) is 8.00. The molecule has 1 aliphatic rings. The number of benzene rings is 1. The van der Waals surface area contributed by atoms with E-state index in [1.54, 1.807) is 0 Å². The van der Waals surface area contributed by atoms with E-state index in [1.807, 2.05) is 0 Å². The molecule has 0 aromatic heterocycles. The van der Waals surface area contributed by atoms with Crippen LogP contribution in [0.5, 0.6) is 5.75 Å². The van der Waals surface area contributed by atoms with Gasteiger partial charge in [-0.2, -0.15) is 0 Å². The molecule has 3 heteroatoms. The number of ether oxygens (including phenoxy) is 1. The minimum atomic E-state index is 0.532. The first-order chi connectivity index (χ1) is 9.10. The molecule has 1 heterocycles. The van der Waals surface area contributed by atoms with Gasteiger partial charge in [0.15, 0.2) is 0 Å². The predicted molar refractivity (Wildman–Crippen MR) is 84.0 cm³/mol. The van der Waals surface area contributed by atoms with Crippen molar-refractivity contribution in [2.75, 3.05) is 13.7 Å². The Morgan fingerprint density at radius 1 is 1.32 bits per heavy atom. The quantitative estimate of drug-likeness (QED) is 0.855. The average molecular weight is 326 g/mol. The fourth-order valence-electron chi connectivity index (χ4n) is 2.65. The second kappa shape index (κ2) is 6.76. The van der Waals surface area contributed by atoms with Gasteiger partial charge in [-0.3, -0.25) is 0 Å². The first kappa shape index (κ1) is 14.9. The standard InChI is InChI=1S/C16H24BrNO/c1-11(2)4-5-15(18-3)10-13-9-14(17)8-12-6-7-19-16(12)13/h8-9,11,15,18H,4-7,10H2,1-3H3. The van der Waals surface area contributed by atoms with Crippen molar-refractivity contribution in [3.05, 3.63) is 27.7 Å². The van der Waals surface area contributed by atoms with Gasteiger partial charge in [0.2, 0.25) is 0 Å². The lowest BCUT2D eigenvalue weighted by Gasteiger charge is -2.19. The van der Waals surface area contributed by atoms with E-state index in [9.17, 15) is 0 Å². The van der Waals surface area contributed by atoms with E-state index in [0.717, 1.165) is 31.1 Å². The van der Waals surface area contributed by atoms with Crippen molar-refractivity contribution in [3.63, 3.8) is 0 Å². The maximum atomic E-state index is 5.81. The van der Waals surface area contributed by atoms with Crippen molar-refractivity contribution in [2.24, 2.45) is 5.92 Å². The van der Waals surface area contributed by atoms with E-state index in [2.05, 4.69) is 54.3 Å². The molecule has 1 atom stereocenters. The molecule has 1 N–H and O–H groups in total. The molecule has 0 spiro atoms. The van der Waals surface area contributed by atoms with Gasteiger partial charge in [-0.25, -0.2) is 0 Å². The summed E-state index contributed by atoms with van der Waals surface area (Å²) in [4.78, 5) is 0. The Kier molecular flexibility index (Phi) is 5.28. The summed E-state index contributed by atoms with van der Waals surface area (Å²) in [7, 11) is 2.06. The summed E-state index contributed by atoms with van der Waals surface area (Å²) in [6.45, 7) is 5.40. The Balaban J connectivity index is 2.09. The van der Waals surface area contributed by atoms with E-state index in [0.29, 0.717) is 6.04 Å². The van der Waals surface area contributed by atoms with E-state index in [-0.39, 0.29) is 0 Å². The molecular weight excluding hydrogens is 302 g/mol. The smallest absolute Gasteiger partial charge is 0.125 e. The van der Waals surface area contributed by atoms with Gasteiger partial charge in [-0.1, -0.05) is 29.8 Å². The molecule has 0 fully saturated rings. The third kappa shape index (κ3) is 3.96. The topological polar surface area (TPSA) is 21.3 Å². The third-order valence-corrected chi connectivity index (χ3v) is 4.25. The number of rotatable bonds is 6. The largest absolute Gasteiger partial charge is 0.493 e. The van der Waals surface area contributed by atoms with Gasteiger partial charge >= 0.3 is 0 Å². The molecule has 1 aromatic carbocycles. The summed E-state index contributed by atoms with van der Waals surface area (Å²) in [6.07, 6.45) is 4.57. The number of hydrogen-bond donors (Lipinski definition) is 1. The van der Waals surface area contributed by atoms with Crippen molar-refractivity contribution in [2.45, 2.75) is 45.6 Å². The second-order valence-corrected chi connectivity index (χ2v) is 6.73. The van der Waals surface area contributed by atoms with Gasteiger partial charge in [-0.15, -0.1) is 0 Å². The summed E-state index contributed by atoms with van der Waals surface area (Å²) in [5.41, 5.74) is 2.69. The maximum Gasteiger partial charge on any atom is 0.125 e. The van der Waals surface area contributed by atoms with Crippen molar-refractivity contribution >= 4 is 15.9 Å². The molecular formula is C16H24BrNO. The van der Waals surface area contributed by atoms with Crippen molar-refractivity contribution in [1.29, 1.82) is 0 Å². The van der Waals surface area contributed by atoms with Crippen LogP contribution in [-0.2, 0) is 12.8 Å². The van der Waals surface area contributed by atoms with Crippen molar-refractivity contribution in [3.8, 4) is 5.75 Å². The van der Waals surface area contributed by atoms with Crippen LogP contribution in [0.2, 0.25) is 0 Å². The summed E-state index contributed by atoms with van der Waals surface area (Å²) >= 11 is 3.61. The summed E-state index contributed by atoms with van der Waals surface area (Å²) < 4.78 is 6.98. The number of nitrogens with one attached hydrogen (secondary N) is 1. The van der Waals surface area contributed by atoms with Crippen LogP contribution in [0.3, 0.4) is 0 Å². The Bertz CT molecular complexity index is 431. The zero-order valence-corrected chi connectivity index (χ0v) is 13.7. The molecule has 1 aliphatic heterocycles. The molecule has 1 aromatic rings. The molecule has 0 saturated carbocycles. The summed E-state index contributed by atoms with van der Waals surface area (Å²) in [5.74, 6) is 1.90. The SMILES string of the molecule is CNC(CCC(C)C)Cc1cc(Br)cc2c1OCC2. The van der Waals surface area contributed by atoms with Gasteiger partial charge in [0.25, 0.3) is 0 Å². The minimum absolute atomic E-state index is 0.532. The second-order valence-electron chi connectivity index (χ2n) is 5.81. The van der Waals surface area contributed by atoms with Crippen LogP contribution in [0.1, 0.15) is 37.8 Å². The fraction of sp³-hybridized carbons (Fsp3) is 0.625. The zero-order chi connectivity index (χ0) is 13.8. The Morgan fingerprint density at radius 3 is 2.79 bits per heavy atom. The predicted octanol–water partition coefficient (Wildman–Crippen LogP) is 3.95. The molecule has 0 aliphatic carbocycles. The molecule has 1 unspecified atom stereocenters. The Morgan fingerprint density at radius 2 is 2.11 bits per heavy atom. The van der Waals surface area contributed by atoms with E-state index < -0.39 is 0 Å². The molecule has 19 heavy (non-hydrogen) atoms. The average Bonchev–Trinajstić information content (AvgIpc) is 2.81. The van der Waals surface area contributed by atoms with Gasteiger partial charge < -0.3 is 10.1 Å². The van der Waals surface area contributed by atoms with Gasteiger partial charge in [-0.05, 0) is 55.5 Å². The molecule has 0 radical (unpaired) electrons. The molecule has 0 amide bonds. The van der Waals surface area contributed by atoms with E-state index in [1.165, 1.54) is 28.4 Å². The zero-order valence-electron chi connectivity index (χ0n) is 12.1. The first-order valence-electron chi connectivity index (χ1n) is 7.21. The normalized spacial score (nSPS) is 15.4. The number of halogens is 1. The van der Waals surface area contributed by atoms with Crippen LogP contribution >= 0.6 is 15.9 Å². The third-order valence-electron chi connectivity index (χ3n) is 3.79. The van der Waals surface area contributed by atoms with Gasteiger partial charge in [0, 0.05) is 16.9 Å². The number of hydrogen-bond acceptors (Lipinski definition) is 2. The Hall–Kier alpha value is -0.540. The maximum absolute atomic E-state index is 5.81. The number of fused-ring (bicyclic) bond motifs is 1. The highest BCUT2D eigenvalue weighted by atomic mass is 79.9. The van der Waals surface area contributed by atoms with Gasteiger partial charge in [0.1, 0.15) is 5.75 Å². The van der Waals surface area contributed by atoms with E-state index in [4.69, 9.17) is 4.74 Å². The van der Waals surface area contributed by atoms with Crippen LogP contribution in [0.15, 0.2) is 16.6 Å². The van der Waals surface area contributed by atoms with Crippen LogP contribution in [0.4, 0.5) is 0 Å². The molecule has 2 rings (SSSR count). The summed E-state index contributed by atoms with van der Waals surface area (Å²) in [6, 6.07) is 4.93. The molecule has 106 valence electrons. The highest BCUT2D eigenvalue weighted by Gasteiger charge is 2.19.